The van der Waals surface area contributed by atoms with Gasteiger partial charge in [-0.3, -0.25) is 4.79 Å². The maximum atomic E-state index is 13.0. The number of rotatable bonds is 2. The van der Waals surface area contributed by atoms with Crippen LogP contribution in [0.2, 0.25) is 0 Å². The summed E-state index contributed by atoms with van der Waals surface area (Å²) in [5.41, 5.74) is 4.79. The van der Waals surface area contributed by atoms with Crippen molar-refractivity contribution in [2.75, 3.05) is 18.4 Å². The fourth-order valence-corrected chi connectivity index (χ4v) is 4.34. The number of hydrogen-bond donors (Lipinski definition) is 1. The highest BCUT2D eigenvalue weighted by Crippen LogP contribution is 2.38. The van der Waals surface area contributed by atoms with Crippen LogP contribution in [-0.4, -0.2) is 43.9 Å². The average molecular weight is 352 g/mol. The highest BCUT2D eigenvalue weighted by molar-refractivity contribution is 5.92. The van der Waals surface area contributed by atoms with E-state index in [2.05, 4.69) is 32.2 Å². The zero-order valence-corrected chi connectivity index (χ0v) is 15.1. The predicted molar refractivity (Wildman–Crippen MR) is 96.9 cm³/mol. The van der Waals surface area contributed by atoms with Crippen LogP contribution in [0.3, 0.4) is 0 Å². The van der Waals surface area contributed by atoms with Crippen molar-refractivity contribution in [1.29, 1.82) is 0 Å². The third-order valence-corrected chi connectivity index (χ3v) is 5.91. The maximum absolute atomic E-state index is 13.0. The summed E-state index contributed by atoms with van der Waals surface area (Å²) in [7, 11) is 0. The number of aryl methyl sites for hydroxylation is 1. The lowest BCUT2D eigenvalue weighted by atomic mass is 9.82. The molecule has 7 heteroatoms. The van der Waals surface area contributed by atoms with E-state index in [0.29, 0.717) is 24.8 Å². The molecule has 0 atom stereocenters. The quantitative estimate of drug-likeness (QED) is 0.897. The van der Waals surface area contributed by atoms with Crippen LogP contribution in [0.4, 0.5) is 5.69 Å². The van der Waals surface area contributed by atoms with Crippen molar-refractivity contribution >= 4 is 11.6 Å². The smallest absolute Gasteiger partial charge is 0.272 e. The Balaban J connectivity index is 1.37. The number of nitrogens with one attached hydrogen (secondary N) is 1. The number of fused-ring (bicyclic) bond motifs is 2. The van der Waals surface area contributed by atoms with Gasteiger partial charge in [0, 0.05) is 19.5 Å². The fourth-order valence-electron chi connectivity index (χ4n) is 4.34. The summed E-state index contributed by atoms with van der Waals surface area (Å²) < 4.78 is 2.07. The first-order chi connectivity index (χ1) is 12.7. The predicted octanol–water partition coefficient (Wildman–Crippen LogP) is 2.20. The lowest BCUT2D eigenvalue weighted by Crippen LogP contribution is -2.38. The molecule has 3 aliphatic rings. The van der Waals surface area contributed by atoms with Crippen molar-refractivity contribution in [3.8, 4) is 0 Å². The third kappa shape index (κ3) is 2.57. The van der Waals surface area contributed by atoms with Gasteiger partial charge in [-0.1, -0.05) is 12.1 Å². The Bertz CT molecular complexity index is 854. The minimum atomic E-state index is 0.0127. The molecule has 0 aromatic carbocycles. The SMILES string of the molecule is CC1CC(n2nnc3c2CN(C(=O)c2ccc4c(n2)CCCN4)CC3)C1. The second-order valence-electron chi connectivity index (χ2n) is 7.86. The summed E-state index contributed by atoms with van der Waals surface area (Å²) in [6.45, 7) is 4.52. The number of pyridine rings is 1. The van der Waals surface area contributed by atoms with Gasteiger partial charge in [-0.2, -0.15) is 0 Å². The molecule has 4 heterocycles. The van der Waals surface area contributed by atoms with Gasteiger partial charge in [-0.25, -0.2) is 9.67 Å². The summed E-state index contributed by atoms with van der Waals surface area (Å²) >= 11 is 0. The van der Waals surface area contributed by atoms with Crippen LogP contribution < -0.4 is 5.32 Å². The molecular formula is C19H24N6O. The van der Waals surface area contributed by atoms with Gasteiger partial charge in [-0.05, 0) is 43.7 Å². The highest BCUT2D eigenvalue weighted by atomic mass is 16.2. The second kappa shape index (κ2) is 6.07. The minimum Gasteiger partial charge on any atom is -0.384 e. The van der Waals surface area contributed by atoms with Gasteiger partial charge in [0.15, 0.2) is 0 Å². The monoisotopic (exact) mass is 352 g/mol. The molecule has 0 radical (unpaired) electrons. The number of carbonyl (C=O) groups excluding carboxylic acids is 1. The summed E-state index contributed by atoms with van der Waals surface area (Å²) in [5.74, 6) is 0.772. The molecular weight excluding hydrogens is 328 g/mol. The molecule has 7 nitrogen and oxygen atoms in total. The number of aromatic nitrogens is 4. The molecule has 2 aromatic heterocycles. The van der Waals surface area contributed by atoms with Crippen molar-refractivity contribution in [2.45, 2.75) is 51.6 Å². The third-order valence-electron chi connectivity index (χ3n) is 5.91. The van der Waals surface area contributed by atoms with Crippen LogP contribution in [0.1, 0.15) is 59.8 Å². The minimum absolute atomic E-state index is 0.0127. The van der Waals surface area contributed by atoms with Gasteiger partial charge in [0.1, 0.15) is 5.69 Å². The van der Waals surface area contributed by atoms with E-state index in [9.17, 15) is 4.79 Å². The van der Waals surface area contributed by atoms with Crippen LogP contribution in [0.25, 0.3) is 0 Å². The molecule has 1 amide bonds. The van der Waals surface area contributed by atoms with E-state index in [1.54, 1.807) is 0 Å². The average Bonchev–Trinajstić information content (AvgIpc) is 3.07. The number of nitrogens with zero attached hydrogens (tertiary/aromatic N) is 5. The Labute approximate surface area is 152 Å². The Morgan fingerprint density at radius 2 is 2.12 bits per heavy atom. The molecule has 5 rings (SSSR count). The van der Waals surface area contributed by atoms with E-state index < -0.39 is 0 Å². The lowest BCUT2D eigenvalue weighted by molar-refractivity contribution is 0.0717. The Morgan fingerprint density at radius 3 is 2.96 bits per heavy atom. The Hall–Kier alpha value is -2.44. The summed E-state index contributed by atoms with van der Waals surface area (Å²) in [5, 5.41) is 12.1. The largest absolute Gasteiger partial charge is 0.384 e. The van der Waals surface area contributed by atoms with Crippen LogP contribution in [0.15, 0.2) is 12.1 Å². The van der Waals surface area contributed by atoms with Gasteiger partial charge in [0.25, 0.3) is 5.91 Å². The van der Waals surface area contributed by atoms with Crippen molar-refractivity contribution in [3.63, 3.8) is 0 Å². The molecule has 2 aliphatic heterocycles. The van der Waals surface area contributed by atoms with Gasteiger partial charge < -0.3 is 10.2 Å². The molecule has 0 bridgehead atoms. The molecule has 0 spiro atoms. The van der Waals surface area contributed by atoms with Crippen molar-refractivity contribution in [2.24, 2.45) is 5.92 Å². The first-order valence-electron chi connectivity index (χ1n) is 9.65. The van der Waals surface area contributed by atoms with E-state index in [1.165, 1.54) is 0 Å². The Kier molecular flexibility index (Phi) is 3.69. The maximum Gasteiger partial charge on any atom is 0.272 e. The first kappa shape index (κ1) is 15.8. The molecule has 0 saturated heterocycles. The van der Waals surface area contributed by atoms with E-state index in [4.69, 9.17) is 0 Å². The molecule has 2 aromatic rings. The van der Waals surface area contributed by atoms with Crippen LogP contribution in [-0.2, 0) is 19.4 Å². The fraction of sp³-hybridized carbons (Fsp3) is 0.579. The standard InChI is InChI=1S/C19H24N6O/c1-12-9-13(10-12)25-18-11-24(8-6-16(18)22-23-25)19(26)17-5-4-14-15(21-17)3-2-7-20-14/h4-5,12-13,20H,2-3,6-11H2,1H3. The molecule has 1 fully saturated rings. The summed E-state index contributed by atoms with van der Waals surface area (Å²) in [6.07, 6.45) is 5.08. The molecule has 26 heavy (non-hydrogen) atoms. The zero-order chi connectivity index (χ0) is 17.7. The van der Waals surface area contributed by atoms with Crippen LogP contribution in [0, 0.1) is 5.92 Å². The van der Waals surface area contributed by atoms with E-state index in [1.807, 2.05) is 17.0 Å². The van der Waals surface area contributed by atoms with Crippen molar-refractivity contribution < 1.29 is 4.79 Å². The highest BCUT2D eigenvalue weighted by Gasteiger charge is 2.33. The lowest BCUT2D eigenvalue weighted by Gasteiger charge is -2.35. The summed E-state index contributed by atoms with van der Waals surface area (Å²) in [4.78, 5) is 19.6. The van der Waals surface area contributed by atoms with Gasteiger partial charge >= 0.3 is 0 Å². The molecule has 1 saturated carbocycles. The molecule has 136 valence electrons. The number of hydrogen-bond acceptors (Lipinski definition) is 5. The molecule has 0 unspecified atom stereocenters. The Morgan fingerprint density at radius 1 is 1.23 bits per heavy atom. The van der Waals surface area contributed by atoms with Crippen molar-refractivity contribution in [3.05, 3.63) is 34.9 Å². The zero-order valence-electron chi connectivity index (χ0n) is 15.1. The first-order valence-corrected chi connectivity index (χ1v) is 9.65. The topological polar surface area (TPSA) is 75.9 Å². The van der Waals surface area contributed by atoms with Crippen LogP contribution in [0.5, 0.6) is 0 Å². The van der Waals surface area contributed by atoms with Crippen molar-refractivity contribution in [1.82, 2.24) is 24.9 Å². The van der Waals surface area contributed by atoms with Gasteiger partial charge in [0.05, 0.1) is 35.4 Å². The number of amides is 1. The van der Waals surface area contributed by atoms with Gasteiger partial charge in [-0.15, -0.1) is 5.10 Å². The van der Waals surface area contributed by atoms with E-state index in [0.717, 1.165) is 67.3 Å². The number of carbonyl (C=O) groups is 1. The summed E-state index contributed by atoms with van der Waals surface area (Å²) in [6, 6.07) is 4.29. The van der Waals surface area contributed by atoms with Gasteiger partial charge in [0.2, 0.25) is 0 Å². The van der Waals surface area contributed by atoms with Crippen LogP contribution >= 0.6 is 0 Å². The normalized spacial score (nSPS) is 24.3. The number of anilines is 1. The van der Waals surface area contributed by atoms with E-state index >= 15 is 0 Å². The second-order valence-corrected chi connectivity index (χ2v) is 7.86. The molecule has 1 N–H and O–H groups in total. The van der Waals surface area contributed by atoms with E-state index in [-0.39, 0.29) is 5.91 Å². The molecule has 1 aliphatic carbocycles.